The van der Waals surface area contributed by atoms with Gasteiger partial charge in [0, 0.05) is 7.11 Å². The molecular formula is C14H19ClN4O. The van der Waals surface area contributed by atoms with E-state index >= 15 is 0 Å². The monoisotopic (exact) mass is 294 g/mol. The number of nitrogens with zero attached hydrogens (tertiary/aromatic N) is 2. The number of rotatable bonds is 7. The first-order chi connectivity index (χ1) is 9.76. The van der Waals surface area contributed by atoms with Crippen LogP contribution in [0.3, 0.4) is 0 Å². The van der Waals surface area contributed by atoms with Gasteiger partial charge < -0.3 is 4.74 Å². The van der Waals surface area contributed by atoms with Crippen molar-refractivity contribution in [1.29, 1.82) is 0 Å². The number of methoxy groups -OCH3 is 1. The van der Waals surface area contributed by atoms with Crippen LogP contribution in [0.2, 0.25) is 5.02 Å². The van der Waals surface area contributed by atoms with Crippen LogP contribution in [0.5, 0.6) is 0 Å². The summed E-state index contributed by atoms with van der Waals surface area (Å²) < 4.78 is 6.92. The summed E-state index contributed by atoms with van der Waals surface area (Å²) in [6.45, 7) is 1.22. The molecule has 20 heavy (non-hydrogen) atoms. The molecule has 1 atom stereocenters. The van der Waals surface area contributed by atoms with Crippen LogP contribution in [0.4, 0.5) is 0 Å². The van der Waals surface area contributed by atoms with E-state index in [9.17, 15) is 0 Å². The molecule has 6 heteroatoms. The topological polar surface area (TPSA) is 65.1 Å². The second-order valence-corrected chi connectivity index (χ2v) is 4.91. The van der Waals surface area contributed by atoms with E-state index in [0.29, 0.717) is 18.2 Å². The molecule has 0 saturated carbocycles. The highest BCUT2D eigenvalue weighted by atomic mass is 35.5. The van der Waals surface area contributed by atoms with Crippen molar-refractivity contribution in [3.63, 3.8) is 0 Å². The standard InChI is InChI=1S/C14H19ClN4O/c1-20-8-7-19-14(12(15)10-17-19)13(18-16)9-11-5-3-2-4-6-11/h2-6,10,13,18H,7-9,16H2,1H3. The summed E-state index contributed by atoms with van der Waals surface area (Å²) in [4.78, 5) is 0. The SMILES string of the molecule is COCCn1ncc(Cl)c1C(Cc1ccccc1)NN. The first kappa shape index (κ1) is 15.0. The lowest BCUT2D eigenvalue weighted by Crippen LogP contribution is -2.32. The number of nitrogens with one attached hydrogen (secondary N) is 1. The van der Waals surface area contributed by atoms with Crippen LogP contribution < -0.4 is 11.3 Å². The molecule has 1 unspecified atom stereocenters. The highest BCUT2D eigenvalue weighted by Gasteiger charge is 2.19. The Labute approximate surface area is 123 Å². The Morgan fingerprint density at radius 2 is 2.15 bits per heavy atom. The zero-order valence-corrected chi connectivity index (χ0v) is 12.2. The van der Waals surface area contributed by atoms with Gasteiger partial charge >= 0.3 is 0 Å². The van der Waals surface area contributed by atoms with Crippen LogP contribution in [0.15, 0.2) is 36.5 Å². The number of ether oxygens (including phenoxy) is 1. The third kappa shape index (κ3) is 3.58. The van der Waals surface area contributed by atoms with Crippen molar-refractivity contribution in [1.82, 2.24) is 15.2 Å². The van der Waals surface area contributed by atoms with E-state index < -0.39 is 0 Å². The molecule has 3 N–H and O–H groups in total. The number of hydrogen-bond donors (Lipinski definition) is 2. The Morgan fingerprint density at radius 1 is 1.40 bits per heavy atom. The maximum atomic E-state index is 6.24. The fraction of sp³-hybridized carbons (Fsp3) is 0.357. The highest BCUT2D eigenvalue weighted by Crippen LogP contribution is 2.25. The molecule has 0 aliphatic heterocycles. The lowest BCUT2D eigenvalue weighted by atomic mass is 10.0. The highest BCUT2D eigenvalue weighted by molar-refractivity contribution is 6.31. The molecule has 0 aliphatic carbocycles. The van der Waals surface area contributed by atoms with E-state index in [1.807, 2.05) is 22.9 Å². The molecule has 0 radical (unpaired) electrons. The summed E-state index contributed by atoms with van der Waals surface area (Å²) in [5.41, 5.74) is 4.89. The Morgan fingerprint density at radius 3 is 2.80 bits per heavy atom. The lowest BCUT2D eigenvalue weighted by Gasteiger charge is -2.18. The van der Waals surface area contributed by atoms with Crippen molar-refractivity contribution in [2.45, 2.75) is 19.0 Å². The number of nitrogens with two attached hydrogens (primary N) is 1. The summed E-state index contributed by atoms with van der Waals surface area (Å²) in [7, 11) is 1.66. The van der Waals surface area contributed by atoms with Crippen molar-refractivity contribution in [2.24, 2.45) is 5.84 Å². The van der Waals surface area contributed by atoms with Gasteiger partial charge in [-0.2, -0.15) is 5.10 Å². The van der Waals surface area contributed by atoms with Gasteiger partial charge in [0.1, 0.15) is 0 Å². The van der Waals surface area contributed by atoms with Crippen molar-refractivity contribution in [3.8, 4) is 0 Å². The molecule has 0 spiro atoms. The Kier molecular flexibility index (Phi) is 5.55. The maximum absolute atomic E-state index is 6.24. The molecule has 2 rings (SSSR count). The molecule has 1 aromatic heterocycles. The minimum absolute atomic E-state index is 0.0933. The number of hydrazine groups is 1. The van der Waals surface area contributed by atoms with Crippen LogP contribution in [0.25, 0.3) is 0 Å². The molecule has 0 amide bonds. The zero-order chi connectivity index (χ0) is 14.4. The molecule has 0 bridgehead atoms. The van der Waals surface area contributed by atoms with E-state index in [4.69, 9.17) is 22.2 Å². The summed E-state index contributed by atoms with van der Waals surface area (Å²) >= 11 is 6.24. The smallest absolute Gasteiger partial charge is 0.0834 e. The molecule has 5 nitrogen and oxygen atoms in total. The van der Waals surface area contributed by atoms with Crippen LogP contribution in [-0.4, -0.2) is 23.5 Å². The van der Waals surface area contributed by atoms with Crippen molar-refractivity contribution < 1.29 is 4.74 Å². The van der Waals surface area contributed by atoms with Gasteiger partial charge in [0.25, 0.3) is 0 Å². The average Bonchev–Trinajstić information content (AvgIpc) is 2.84. The molecule has 0 fully saturated rings. The van der Waals surface area contributed by atoms with Gasteiger partial charge in [0.2, 0.25) is 0 Å². The van der Waals surface area contributed by atoms with E-state index in [1.165, 1.54) is 5.56 Å². The minimum Gasteiger partial charge on any atom is -0.383 e. The molecule has 0 aliphatic rings. The van der Waals surface area contributed by atoms with E-state index in [2.05, 4.69) is 22.7 Å². The quantitative estimate of drug-likeness (QED) is 0.605. The predicted molar refractivity (Wildman–Crippen MR) is 79.3 cm³/mol. The van der Waals surface area contributed by atoms with Crippen LogP contribution in [-0.2, 0) is 17.7 Å². The molecule has 1 heterocycles. The lowest BCUT2D eigenvalue weighted by molar-refractivity contribution is 0.181. The largest absolute Gasteiger partial charge is 0.383 e. The maximum Gasteiger partial charge on any atom is 0.0834 e. The summed E-state index contributed by atoms with van der Waals surface area (Å²) in [6, 6.07) is 10.0. The summed E-state index contributed by atoms with van der Waals surface area (Å²) in [6.07, 6.45) is 2.39. The van der Waals surface area contributed by atoms with Gasteiger partial charge in [0.05, 0.1) is 36.1 Å². The van der Waals surface area contributed by atoms with Crippen LogP contribution in [0.1, 0.15) is 17.3 Å². The second kappa shape index (κ2) is 7.40. The Bertz CT molecular complexity index is 529. The van der Waals surface area contributed by atoms with Gasteiger partial charge in [-0.05, 0) is 12.0 Å². The van der Waals surface area contributed by atoms with E-state index in [-0.39, 0.29) is 6.04 Å². The van der Waals surface area contributed by atoms with Crippen molar-refractivity contribution in [2.75, 3.05) is 13.7 Å². The first-order valence-electron chi connectivity index (χ1n) is 6.46. The van der Waals surface area contributed by atoms with E-state index in [0.717, 1.165) is 12.1 Å². The van der Waals surface area contributed by atoms with E-state index in [1.54, 1.807) is 13.3 Å². The number of hydrogen-bond acceptors (Lipinski definition) is 4. The minimum atomic E-state index is -0.0933. The first-order valence-corrected chi connectivity index (χ1v) is 6.84. The number of halogens is 1. The van der Waals surface area contributed by atoms with Crippen molar-refractivity contribution >= 4 is 11.6 Å². The zero-order valence-electron chi connectivity index (χ0n) is 11.4. The Hall–Kier alpha value is -1.40. The van der Waals surface area contributed by atoms with Gasteiger partial charge in [-0.3, -0.25) is 16.0 Å². The third-order valence-corrected chi connectivity index (χ3v) is 3.45. The van der Waals surface area contributed by atoms with Crippen LogP contribution >= 0.6 is 11.6 Å². The fourth-order valence-electron chi connectivity index (χ4n) is 2.16. The number of aromatic nitrogens is 2. The Balaban J connectivity index is 2.20. The summed E-state index contributed by atoms with van der Waals surface area (Å²) in [5.74, 6) is 5.70. The normalized spacial score (nSPS) is 12.6. The van der Waals surface area contributed by atoms with Gasteiger partial charge in [-0.25, -0.2) is 0 Å². The van der Waals surface area contributed by atoms with Gasteiger partial charge in [0.15, 0.2) is 0 Å². The molecule has 108 valence electrons. The molecule has 0 saturated heterocycles. The fourth-order valence-corrected chi connectivity index (χ4v) is 2.43. The third-order valence-electron chi connectivity index (χ3n) is 3.15. The molecular weight excluding hydrogens is 276 g/mol. The van der Waals surface area contributed by atoms with Crippen molar-refractivity contribution in [3.05, 3.63) is 52.8 Å². The predicted octanol–water partition coefficient (Wildman–Crippen LogP) is 1.93. The summed E-state index contributed by atoms with van der Waals surface area (Å²) in [5, 5.41) is 4.88. The average molecular weight is 295 g/mol. The second-order valence-electron chi connectivity index (χ2n) is 4.50. The van der Waals surface area contributed by atoms with Gasteiger partial charge in [-0.15, -0.1) is 0 Å². The number of benzene rings is 1. The molecule has 2 aromatic rings. The molecule has 1 aromatic carbocycles. The van der Waals surface area contributed by atoms with Gasteiger partial charge in [-0.1, -0.05) is 41.9 Å². The van der Waals surface area contributed by atoms with Crippen LogP contribution in [0, 0.1) is 0 Å².